The molecule has 0 rings (SSSR count). The van der Waals surface area contributed by atoms with Crippen LogP contribution in [0.3, 0.4) is 0 Å². The normalized spacial score (nSPS) is 14.3. The van der Waals surface area contributed by atoms with Crippen molar-refractivity contribution in [2.75, 3.05) is 27.1 Å². The fraction of sp³-hybridized carbons (Fsp3) is 0.867. The molecule has 0 aromatic rings. The van der Waals surface area contributed by atoms with Gasteiger partial charge in [-0.05, 0) is 12.8 Å². The van der Waals surface area contributed by atoms with Gasteiger partial charge in [0.25, 0.3) is 0 Å². The van der Waals surface area contributed by atoms with Gasteiger partial charge < -0.3 is 19.3 Å². The summed E-state index contributed by atoms with van der Waals surface area (Å²) in [5, 5.41) is 9.99. The van der Waals surface area contributed by atoms with Crippen LogP contribution in [0, 0.1) is 0 Å². The monoisotopic (exact) mass is 274 g/mol. The third-order valence-corrected chi connectivity index (χ3v) is 2.98. The highest BCUT2D eigenvalue weighted by Gasteiger charge is 2.18. The lowest BCUT2D eigenvalue weighted by molar-refractivity contribution is -0.130. The lowest BCUT2D eigenvalue weighted by Crippen LogP contribution is -2.29. The van der Waals surface area contributed by atoms with Gasteiger partial charge in [-0.3, -0.25) is 0 Å². The zero-order valence-electron chi connectivity index (χ0n) is 12.5. The summed E-state index contributed by atoms with van der Waals surface area (Å²) in [6.45, 7) is 7.11. The lowest BCUT2D eigenvalue weighted by atomic mass is 10.0. The fourth-order valence-electron chi connectivity index (χ4n) is 1.82. The van der Waals surface area contributed by atoms with Crippen LogP contribution in [0.15, 0.2) is 12.7 Å². The first-order valence-corrected chi connectivity index (χ1v) is 7.23. The van der Waals surface area contributed by atoms with E-state index in [1.807, 2.05) is 0 Å². The van der Waals surface area contributed by atoms with E-state index in [-0.39, 0.29) is 12.9 Å². The topological polar surface area (TPSA) is 47.9 Å². The predicted molar refractivity (Wildman–Crippen MR) is 77.1 cm³/mol. The minimum Gasteiger partial charge on any atom is -0.390 e. The molecule has 0 spiro atoms. The van der Waals surface area contributed by atoms with Gasteiger partial charge in [0.05, 0.1) is 25.4 Å². The highest BCUT2D eigenvalue weighted by atomic mass is 16.7. The van der Waals surface area contributed by atoms with Crippen LogP contribution >= 0.6 is 0 Å². The van der Waals surface area contributed by atoms with E-state index in [9.17, 15) is 5.11 Å². The summed E-state index contributed by atoms with van der Waals surface area (Å²) in [6, 6.07) is 0. The summed E-state index contributed by atoms with van der Waals surface area (Å²) in [4.78, 5) is 0. The quantitative estimate of drug-likeness (QED) is 0.300. The van der Waals surface area contributed by atoms with E-state index in [1.54, 1.807) is 13.2 Å². The number of ether oxygens (including phenoxy) is 3. The van der Waals surface area contributed by atoms with Crippen molar-refractivity contribution in [3.05, 3.63) is 12.7 Å². The van der Waals surface area contributed by atoms with Gasteiger partial charge in [-0.25, -0.2) is 0 Å². The maximum Gasteiger partial charge on any atom is 0.147 e. The Balaban J connectivity index is 3.85. The molecule has 0 aromatic heterocycles. The molecule has 0 fully saturated rings. The van der Waals surface area contributed by atoms with Gasteiger partial charge in [0.15, 0.2) is 0 Å². The minimum atomic E-state index is -0.495. The molecule has 19 heavy (non-hydrogen) atoms. The van der Waals surface area contributed by atoms with E-state index >= 15 is 0 Å². The molecule has 0 saturated heterocycles. The molecule has 0 heterocycles. The molecule has 0 aliphatic rings. The van der Waals surface area contributed by atoms with Crippen molar-refractivity contribution in [2.24, 2.45) is 0 Å². The SMILES string of the molecule is C=CC[C@H](O)[C@H](CCCCCC)OCOCCOC. The van der Waals surface area contributed by atoms with Crippen LogP contribution < -0.4 is 0 Å². The Kier molecular flexibility index (Phi) is 13.7. The molecule has 2 atom stereocenters. The molecule has 0 aromatic carbocycles. The van der Waals surface area contributed by atoms with E-state index < -0.39 is 6.10 Å². The summed E-state index contributed by atoms with van der Waals surface area (Å²) in [5.74, 6) is 0. The maximum atomic E-state index is 9.99. The number of methoxy groups -OCH3 is 1. The van der Waals surface area contributed by atoms with Gasteiger partial charge >= 0.3 is 0 Å². The number of hydrogen-bond donors (Lipinski definition) is 1. The summed E-state index contributed by atoms with van der Waals surface area (Å²) < 4.78 is 15.8. The van der Waals surface area contributed by atoms with E-state index in [1.165, 1.54) is 19.3 Å². The van der Waals surface area contributed by atoms with Gasteiger partial charge in [0.2, 0.25) is 0 Å². The van der Waals surface area contributed by atoms with Crippen LogP contribution in [0.5, 0.6) is 0 Å². The summed E-state index contributed by atoms with van der Waals surface area (Å²) in [5.41, 5.74) is 0. The molecule has 0 unspecified atom stereocenters. The summed E-state index contributed by atoms with van der Waals surface area (Å²) in [6.07, 6.45) is 7.17. The third-order valence-electron chi connectivity index (χ3n) is 2.98. The maximum absolute atomic E-state index is 9.99. The Labute approximate surface area is 117 Å². The van der Waals surface area contributed by atoms with E-state index in [0.29, 0.717) is 19.6 Å². The molecular formula is C15H30O4. The van der Waals surface area contributed by atoms with Crippen LogP contribution in [-0.4, -0.2) is 44.4 Å². The van der Waals surface area contributed by atoms with Gasteiger partial charge in [-0.15, -0.1) is 6.58 Å². The molecule has 4 nitrogen and oxygen atoms in total. The molecule has 0 aliphatic carbocycles. The smallest absolute Gasteiger partial charge is 0.147 e. The first-order chi connectivity index (χ1) is 9.26. The van der Waals surface area contributed by atoms with Gasteiger partial charge in [-0.1, -0.05) is 38.7 Å². The summed E-state index contributed by atoms with van der Waals surface area (Å²) >= 11 is 0. The van der Waals surface area contributed by atoms with Crippen molar-refractivity contribution < 1.29 is 19.3 Å². The van der Waals surface area contributed by atoms with E-state index in [4.69, 9.17) is 14.2 Å². The van der Waals surface area contributed by atoms with Crippen LogP contribution in [0.1, 0.15) is 45.4 Å². The first kappa shape index (κ1) is 18.6. The molecule has 0 amide bonds. The molecule has 4 heteroatoms. The van der Waals surface area contributed by atoms with Crippen LogP contribution in [0.2, 0.25) is 0 Å². The van der Waals surface area contributed by atoms with Crippen molar-refractivity contribution in [3.63, 3.8) is 0 Å². The third kappa shape index (κ3) is 11.1. The average molecular weight is 274 g/mol. The Bertz CT molecular complexity index is 197. The minimum absolute atomic E-state index is 0.169. The van der Waals surface area contributed by atoms with Crippen molar-refractivity contribution in [3.8, 4) is 0 Å². The number of unbranched alkanes of at least 4 members (excludes halogenated alkanes) is 3. The number of aliphatic hydroxyl groups excluding tert-OH is 1. The number of aliphatic hydroxyl groups is 1. The Morgan fingerprint density at radius 1 is 1.21 bits per heavy atom. The van der Waals surface area contributed by atoms with Gasteiger partial charge in [0.1, 0.15) is 6.79 Å². The second kappa shape index (κ2) is 14.0. The first-order valence-electron chi connectivity index (χ1n) is 7.23. The van der Waals surface area contributed by atoms with Crippen LogP contribution in [0.25, 0.3) is 0 Å². The molecule has 0 saturated carbocycles. The van der Waals surface area contributed by atoms with Gasteiger partial charge in [0, 0.05) is 7.11 Å². The fourth-order valence-corrected chi connectivity index (χ4v) is 1.82. The van der Waals surface area contributed by atoms with Crippen molar-refractivity contribution >= 4 is 0 Å². The number of rotatable bonds is 14. The second-order valence-corrected chi connectivity index (χ2v) is 4.67. The molecular weight excluding hydrogens is 244 g/mol. The number of hydrogen-bond acceptors (Lipinski definition) is 4. The lowest BCUT2D eigenvalue weighted by Gasteiger charge is -2.22. The largest absolute Gasteiger partial charge is 0.390 e. The highest BCUT2D eigenvalue weighted by Crippen LogP contribution is 2.14. The van der Waals surface area contributed by atoms with Crippen molar-refractivity contribution in [1.82, 2.24) is 0 Å². The second-order valence-electron chi connectivity index (χ2n) is 4.67. The molecule has 0 bridgehead atoms. The van der Waals surface area contributed by atoms with Crippen LogP contribution in [-0.2, 0) is 14.2 Å². The Morgan fingerprint density at radius 3 is 2.63 bits per heavy atom. The van der Waals surface area contributed by atoms with E-state index in [0.717, 1.165) is 12.8 Å². The van der Waals surface area contributed by atoms with Crippen LogP contribution in [0.4, 0.5) is 0 Å². The highest BCUT2D eigenvalue weighted by molar-refractivity contribution is 4.78. The Morgan fingerprint density at radius 2 is 2.00 bits per heavy atom. The zero-order valence-corrected chi connectivity index (χ0v) is 12.5. The molecule has 114 valence electrons. The summed E-state index contributed by atoms with van der Waals surface area (Å²) in [7, 11) is 1.63. The molecule has 1 N–H and O–H groups in total. The zero-order chi connectivity index (χ0) is 14.3. The van der Waals surface area contributed by atoms with Crippen molar-refractivity contribution in [1.29, 1.82) is 0 Å². The average Bonchev–Trinajstić information content (AvgIpc) is 2.41. The molecule has 0 radical (unpaired) electrons. The van der Waals surface area contributed by atoms with Crippen molar-refractivity contribution in [2.45, 2.75) is 57.7 Å². The predicted octanol–water partition coefficient (Wildman–Crippen LogP) is 2.90. The van der Waals surface area contributed by atoms with Gasteiger partial charge in [-0.2, -0.15) is 0 Å². The standard InChI is InChI=1S/C15H30O4/c1-4-6-7-8-10-15(14(16)9-5-2)19-13-18-12-11-17-3/h5,14-16H,2,4,6-13H2,1,3H3/t14-,15-/m0/s1. The Hall–Kier alpha value is -0.420. The molecule has 0 aliphatic heterocycles. The van der Waals surface area contributed by atoms with E-state index in [2.05, 4.69) is 13.5 Å².